The molecule has 0 unspecified atom stereocenters. The zero-order chi connectivity index (χ0) is 17.7. The maximum absolute atomic E-state index is 13.0. The summed E-state index contributed by atoms with van der Waals surface area (Å²) >= 11 is 1.70. The smallest absolute Gasteiger partial charge is 0.230 e. The summed E-state index contributed by atoms with van der Waals surface area (Å²) in [5.74, 6) is 0.980. The Labute approximate surface area is 153 Å². The number of benzene rings is 1. The molecule has 1 aliphatic rings. The first-order valence-electron chi connectivity index (χ1n) is 9.04. The Hall–Kier alpha value is -1.88. The third kappa shape index (κ3) is 3.87. The molecule has 1 fully saturated rings. The average molecular weight is 359 g/mol. The van der Waals surface area contributed by atoms with Crippen molar-refractivity contribution < 1.29 is 9.53 Å². The summed E-state index contributed by atoms with van der Waals surface area (Å²) in [6.45, 7) is 2.76. The predicted molar refractivity (Wildman–Crippen MR) is 101 cm³/mol. The number of rotatable bonds is 7. The molecule has 3 rings (SSSR count). The van der Waals surface area contributed by atoms with Crippen LogP contribution in [-0.4, -0.2) is 24.5 Å². The first-order chi connectivity index (χ1) is 12.2. The number of carbonyl (C=O) groups excluding carboxylic acids is 1. The van der Waals surface area contributed by atoms with Crippen molar-refractivity contribution in [2.45, 2.75) is 50.9 Å². The van der Waals surface area contributed by atoms with Crippen molar-refractivity contribution in [2.75, 3.05) is 13.7 Å². The summed E-state index contributed by atoms with van der Waals surface area (Å²) in [6.07, 6.45) is 5.80. The quantitative estimate of drug-likeness (QED) is 0.817. The topological polar surface area (TPSA) is 51.2 Å². The van der Waals surface area contributed by atoms with Crippen molar-refractivity contribution in [1.82, 2.24) is 10.3 Å². The molecule has 0 saturated heterocycles. The molecule has 0 atom stereocenters. The second-order valence-electron chi connectivity index (χ2n) is 6.61. The van der Waals surface area contributed by atoms with Crippen molar-refractivity contribution in [1.29, 1.82) is 0 Å². The molecule has 134 valence electrons. The Bertz CT molecular complexity index is 703. The van der Waals surface area contributed by atoms with Crippen LogP contribution in [0.2, 0.25) is 0 Å². The zero-order valence-corrected chi connectivity index (χ0v) is 15.8. The van der Waals surface area contributed by atoms with Gasteiger partial charge in [0.05, 0.1) is 23.2 Å². The van der Waals surface area contributed by atoms with Crippen LogP contribution in [0.3, 0.4) is 0 Å². The number of amides is 1. The molecular weight excluding hydrogens is 332 g/mol. The molecule has 4 nitrogen and oxygen atoms in total. The molecule has 1 amide bonds. The van der Waals surface area contributed by atoms with Gasteiger partial charge in [-0.3, -0.25) is 4.79 Å². The summed E-state index contributed by atoms with van der Waals surface area (Å²) in [6, 6.07) is 7.98. The predicted octanol–water partition coefficient (Wildman–Crippen LogP) is 3.88. The Morgan fingerprint density at radius 3 is 2.60 bits per heavy atom. The lowest BCUT2D eigenvalue weighted by Crippen LogP contribution is -2.43. The van der Waals surface area contributed by atoms with Crippen LogP contribution in [0.25, 0.3) is 0 Å². The highest BCUT2D eigenvalue weighted by Crippen LogP contribution is 2.41. The largest absolute Gasteiger partial charge is 0.497 e. The van der Waals surface area contributed by atoms with Gasteiger partial charge in [-0.25, -0.2) is 4.98 Å². The first-order valence-corrected chi connectivity index (χ1v) is 9.92. The summed E-state index contributed by atoms with van der Waals surface area (Å²) in [5, 5.41) is 6.42. The second-order valence-corrected chi connectivity index (χ2v) is 7.55. The molecule has 1 heterocycles. The van der Waals surface area contributed by atoms with Gasteiger partial charge in [0.15, 0.2) is 0 Å². The minimum Gasteiger partial charge on any atom is -0.497 e. The molecule has 0 radical (unpaired) electrons. The van der Waals surface area contributed by atoms with Crippen LogP contribution in [-0.2, 0) is 23.1 Å². The number of ether oxygens (including phenoxy) is 1. The van der Waals surface area contributed by atoms with Crippen molar-refractivity contribution in [3.63, 3.8) is 0 Å². The van der Waals surface area contributed by atoms with Gasteiger partial charge in [0, 0.05) is 18.3 Å². The first kappa shape index (κ1) is 17.9. The summed E-state index contributed by atoms with van der Waals surface area (Å²) in [7, 11) is 1.66. The highest BCUT2D eigenvalue weighted by Gasteiger charge is 2.42. The van der Waals surface area contributed by atoms with E-state index in [1.165, 1.54) is 0 Å². The molecule has 1 saturated carbocycles. The van der Waals surface area contributed by atoms with Crippen LogP contribution in [0.5, 0.6) is 5.75 Å². The van der Waals surface area contributed by atoms with Gasteiger partial charge in [-0.15, -0.1) is 11.3 Å². The normalized spacial score (nSPS) is 15.9. The molecule has 1 aromatic carbocycles. The van der Waals surface area contributed by atoms with Crippen LogP contribution in [0, 0.1) is 0 Å². The fourth-order valence-corrected chi connectivity index (χ4v) is 4.41. The number of hydrogen-bond donors (Lipinski definition) is 1. The molecule has 0 spiro atoms. The molecule has 1 aliphatic carbocycles. The molecule has 25 heavy (non-hydrogen) atoms. The molecule has 0 bridgehead atoms. The van der Waals surface area contributed by atoms with Crippen molar-refractivity contribution in [3.05, 3.63) is 45.9 Å². The summed E-state index contributed by atoms with van der Waals surface area (Å²) < 4.78 is 5.24. The van der Waals surface area contributed by atoms with E-state index in [2.05, 4.69) is 22.6 Å². The van der Waals surface area contributed by atoms with Gasteiger partial charge in [-0.2, -0.15) is 0 Å². The lowest BCUT2D eigenvalue weighted by atomic mass is 9.78. The maximum Gasteiger partial charge on any atom is 0.230 e. The SMILES string of the molecule is CCc1nc(CCNC(=O)C2(c3ccc(OC)cc3)CCCC2)cs1. The Morgan fingerprint density at radius 1 is 1.28 bits per heavy atom. The maximum atomic E-state index is 13.0. The van der Waals surface area contributed by atoms with Crippen LogP contribution in [0.15, 0.2) is 29.6 Å². The minimum atomic E-state index is -0.386. The number of hydrogen-bond acceptors (Lipinski definition) is 4. The lowest BCUT2D eigenvalue weighted by molar-refractivity contribution is -0.126. The number of aryl methyl sites for hydroxylation is 1. The summed E-state index contributed by atoms with van der Waals surface area (Å²) in [5.41, 5.74) is 1.79. The second kappa shape index (κ2) is 8.00. The van der Waals surface area contributed by atoms with Crippen molar-refractivity contribution in [3.8, 4) is 5.75 Å². The summed E-state index contributed by atoms with van der Waals surface area (Å²) in [4.78, 5) is 17.6. The van der Waals surface area contributed by atoms with E-state index in [-0.39, 0.29) is 11.3 Å². The number of carbonyl (C=O) groups is 1. The van der Waals surface area contributed by atoms with E-state index < -0.39 is 0 Å². The van der Waals surface area contributed by atoms with E-state index in [1.807, 2.05) is 24.3 Å². The average Bonchev–Trinajstić information content (AvgIpc) is 3.32. The van der Waals surface area contributed by atoms with E-state index in [4.69, 9.17) is 4.74 Å². The number of aromatic nitrogens is 1. The number of methoxy groups -OCH3 is 1. The standard InChI is InChI=1S/C20H26N2O2S/c1-3-18-22-16(14-25-18)10-13-21-19(23)20(11-4-5-12-20)15-6-8-17(24-2)9-7-15/h6-9,14H,3-5,10-13H2,1-2H3,(H,21,23). The number of thiazole rings is 1. The van der Waals surface area contributed by atoms with Gasteiger partial charge < -0.3 is 10.1 Å². The number of nitrogens with zero attached hydrogens (tertiary/aromatic N) is 1. The molecule has 2 aromatic rings. The van der Waals surface area contributed by atoms with Gasteiger partial charge >= 0.3 is 0 Å². The highest BCUT2D eigenvalue weighted by molar-refractivity contribution is 7.09. The van der Waals surface area contributed by atoms with E-state index >= 15 is 0 Å². The minimum absolute atomic E-state index is 0.154. The fraction of sp³-hybridized carbons (Fsp3) is 0.500. The van der Waals surface area contributed by atoms with Gasteiger partial charge in [0.1, 0.15) is 5.75 Å². The molecule has 5 heteroatoms. The van der Waals surface area contributed by atoms with Gasteiger partial charge in [-0.1, -0.05) is 31.9 Å². The van der Waals surface area contributed by atoms with Crippen LogP contribution < -0.4 is 10.1 Å². The molecule has 1 aromatic heterocycles. The van der Waals surface area contributed by atoms with Crippen LogP contribution >= 0.6 is 11.3 Å². The Balaban J connectivity index is 1.65. The van der Waals surface area contributed by atoms with Crippen molar-refractivity contribution in [2.24, 2.45) is 0 Å². The van der Waals surface area contributed by atoms with Crippen LogP contribution in [0.1, 0.15) is 48.9 Å². The van der Waals surface area contributed by atoms with Crippen molar-refractivity contribution >= 4 is 17.2 Å². The third-order valence-electron chi connectivity index (χ3n) is 5.10. The fourth-order valence-electron chi connectivity index (χ4n) is 3.63. The third-order valence-corrected chi connectivity index (χ3v) is 6.14. The van der Waals surface area contributed by atoms with Gasteiger partial charge in [0.2, 0.25) is 5.91 Å². The monoisotopic (exact) mass is 358 g/mol. The number of nitrogens with one attached hydrogen (secondary N) is 1. The van der Waals surface area contributed by atoms with Gasteiger partial charge in [-0.05, 0) is 37.0 Å². The highest BCUT2D eigenvalue weighted by atomic mass is 32.1. The van der Waals surface area contributed by atoms with Gasteiger partial charge in [0.25, 0.3) is 0 Å². The van der Waals surface area contributed by atoms with E-state index in [9.17, 15) is 4.79 Å². The van der Waals surface area contributed by atoms with E-state index in [1.54, 1.807) is 18.4 Å². The molecule has 1 N–H and O–H groups in total. The van der Waals surface area contributed by atoms with Crippen LogP contribution in [0.4, 0.5) is 0 Å². The lowest BCUT2D eigenvalue weighted by Gasteiger charge is -2.28. The molecular formula is C20H26N2O2S. The van der Waals surface area contributed by atoms with E-state index in [0.29, 0.717) is 6.54 Å². The van der Waals surface area contributed by atoms with E-state index in [0.717, 1.165) is 60.5 Å². The zero-order valence-electron chi connectivity index (χ0n) is 15.0. The Kier molecular flexibility index (Phi) is 5.74. The molecule has 0 aliphatic heterocycles. The Morgan fingerprint density at radius 2 is 2.00 bits per heavy atom.